The first-order valence-electron chi connectivity index (χ1n) is 8.75. The number of rotatable bonds is 9. The zero-order valence-corrected chi connectivity index (χ0v) is 17.7. The van der Waals surface area contributed by atoms with Crippen molar-refractivity contribution in [2.45, 2.75) is 11.8 Å². The summed E-state index contributed by atoms with van der Waals surface area (Å²) in [6.45, 7) is 0. The van der Waals surface area contributed by atoms with Gasteiger partial charge in [0, 0.05) is 11.5 Å². The van der Waals surface area contributed by atoms with Crippen molar-refractivity contribution in [2.24, 2.45) is 11.5 Å². The maximum Gasteiger partial charge on any atom is 0.353 e. The largest absolute Gasteiger partial charge is 0.364 e. The van der Waals surface area contributed by atoms with Crippen LogP contribution < -0.4 is 22.8 Å². The second-order valence-electron chi connectivity index (χ2n) is 6.12. The molecule has 0 aliphatic heterocycles. The lowest BCUT2D eigenvalue weighted by Crippen LogP contribution is -2.30. The third-order valence-corrected chi connectivity index (χ3v) is 6.20. The van der Waals surface area contributed by atoms with Crippen LogP contribution in [0.2, 0.25) is 0 Å². The van der Waals surface area contributed by atoms with E-state index in [1.807, 2.05) is 0 Å². The molecule has 4 N–H and O–H groups in total. The van der Waals surface area contributed by atoms with Crippen LogP contribution in [0.5, 0.6) is 0 Å². The number of thioether (sulfide) groups is 2. The molecule has 166 valence electrons. The number of hydrogen-bond acceptors (Lipinski definition) is 12. The summed E-state index contributed by atoms with van der Waals surface area (Å²) in [5, 5.41) is 15.2. The van der Waals surface area contributed by atoms with Gasteiger partial charge >= 0.3 is 11.4 Å². The van der Waals surface area contributed by atoms with Gasteiger partial charge in [-0.05, 0) is 0 Å². The topological polar surface area (TPSA) is 216 Å². The summed E-state index contributed by atoms with van der Waals surface area (Å²) < 4.78 is 4.47. The summed E-state index contributed by atoms with van der Waals surface area (Å²) in [6, 6.07) is 0. The molecule has 4 rings (SSSR count). The molecule has 0 saturated carbocycles. The molecule has 18 heteroatoms. The maximum atomic E-state index is 12.4. The number of imidazole rings is 2. The molecule has 0 aliphatic carbocycles. The molecular weight excluding hydrogens is 464 g/mol. The van der Waals surface area contributed by atoms with E-state index in [-0.39, 0.29) is 34.4 Å². The maximum absolute atomic E-state index is 12.4. The van der Waals surface area contributed by atoms with Crippen LogP contribution in [0.25, 0.3) is 11.3 Å². The highest BCUT2D eigenvalue weighted by Crippen LogP contribution is 2.10. The molecule has 4 aromatic heterocycles. The van der Waals surface area contributed by atoms with Crippen LogP contribution in [0.4, 0.5) is 0 Å². The molecule has 4 heterocycles. The van der Waals surface area contributed by atoms with Crippen molar-refractivity contribution in [2.75, 3.05) is 11.5 Å². The predicted molar refractivity (Wildman–Crippen MR) is 112 cm³/mol. The lowest BCUT2D eigenvalue weighted by atomic mass is 10.4. The highest BCUT2D eigenvalue weighted by atomic mass is 32.2. The van der Waals surface area contributed by atoms with Crippen LogP contribution in [-0.4, -0.2) is 72.1 Å². The predicted octanol–water partition coefficient (Wildman–Crippen LogP) is -2.84. The first-order valence-corrected chi connectivity index (χ1v) is 11.1. The summed E-state index contributed by atoms with van der Waals surface area (Å²) in [4.78, 5) is 54.9. The Hall–Kier alpha value is -3.80. The molecular formula is C14H14N12O4S2. The number of amides is 2. The zero-order valence-electron chi connectivity index (χ0n) is 16.1. The Morgan fingerprint density at radius 2 is 1.19 bits per heavy atom. The lowest BCUT2D eigenvalue weighted by Gasteiger charge is -2.05. The van der Waals surface area contributed by atoms with Crippen molar-refractivity contribution in [1.29, 1.82) is 0 Å². The molecule has 0 bridgehead atoms. The first-order chi connectivity index (χ1) is 15.4. The highest BCUT2D eigenvalue weighted by Gasteiger charge is 2.16. The van der Waals surface area contributed by atoms with E-state index in [2.05, 4.69) is 30.6 Å². The minimum absolute atomic E-state index is 0.00340. The lowest BCUT2D eigenvalue weighted by molar-refractivity contribution is 0.0989. The van der Waals surface area contributed by atoms with Crippen LogP contribution >= 0.6 is 23.5 Å². The number of fused-ring (bicyclic) bond motifs is 2. The van der Waals surface area contributed by atoms with Crippen LogP contribution in [-0.2, 0) is 11.8 Å². The fraction of sp³-hybridized carbons (Fsp3) is 0.286. The minimum atomic E-state index is -0.797. The Morgan fingerprint density at radius 3 is 1.56 bits per heavy atom. The third-order valence-electron chi connectivity index (χ3n) is 4.10. The smallest absolute Gasteiger partial charge is 0.353 e. The number of hydrogen-bond donors (Lipinski definition) is 2. The number of nitrogens with zero attached hydrogens (tertiary/aromatic N) is 10. The molecule has 0 fully saturated rings. The molecule has 32 heavy (non-hydrogen) atoms. The number of aromatic nitrogens is 10. The molecule has 16 nitrogen and oxygen atoms in total. The molecule has 0 spiro atoms. The van der Waals surface area contributed by atoms with Crippen molar-refractivity contribution in [3.8, 4) is 0 Å². The SMILES string of the molecule is NC(=O)c1ncn2c(=O)n(CSCCSCn3nnc4c(C(N)=O)ncn4c3=O)nnc12. The summed E-state index contributed by atoms with van der Waals surface area (Å²) >= 11 is 2.83. The fourth-order valence-electron chi connectivity index (χ4n) is 2.60. The summed E-state index contributed by atoms with van der Waals surface area (Å²) in [5.41, 5.74) is 9.13. The van der Waals surface area contributed by atoms with Crippen molar-refractivity contribution in [1.82, 2.24) is 48.8 Å². The summed E-state index contributed by atoms with van der Waals surface area (Å²) in [6.07, 6.45) is 2.34. The molecule has 0 unspecified atom stereocenters. The molecule has 0 radical (unpaired) electrons. The van der Waals surface area contributed by atoms with Gasteiger partial charge in [-0.2, -0.15) is 9.36 Å². The van der Waals surface area contributed by atoms with Crippen molar-refractivity contribution in [3.63, 3.8) is 0 Å². The number of carbonyl (C=O) groups is 2. The zero-order chi connectivity index (χ0) is 22.8. The van der Waals surface area contributed by atoms with E-state index in [9.17, 15) is 19.2 Å². The van der Waals surface area contributed by atoms with Crippen molar-refractivity contribution in [3.05, 3.63) is 45.0 Å². The van der Waals surface area contributed by atoms with E-state index in [4.69, 9.17) is 11.5 Å². The van der Waals surface area contributed by atoms with E-state index in [0.29, 0.717) is 11.5 Å². The van der Waals surface area contributed by atoms with E-state index < -0.39 is 23.2 Å². The minimum Gasteiger partial charge on any atom is -0.364 e. The number of primary amides is 2. The van der Waals surface area contributed by atoms with Crippen LogP contribution in [0.3, 0.4) is 0 Å². The van der Waals surface area contributed by atoms with Gasteiger partial charge in [0.05, 0.1) is 11.8 Å². The average molecular weight is 478 g/mol. The fourth-order valence-corrected chi connectivity index (χ4v) is 4.47. The van der Waals surface area contributed by atoms with Crippen LogP contribution in [0.1, 0.15) is 21.0 Å². The monoisotopic (exact) mass is 478 g/mol. The Morgan fingerprint density at radius 1 is 0.781 bits per heavy atom. The van der Waals surface area contributed by atoms with E-state index in [1.165, 1.54) is 36.2 Å². The Bertz CT molecular complexity index is 1340. The Kier molecular flexibility index (Phi) is 5.86. The first kappa shape index (κ1) is 21.4. The van der Waals surface area contributed by atoms with Crippen molar-refractivity contribution < 1.29 is 9.59 Å². The van der Waals surface area contributed by atoms with Gasteiger partial charge < -0.3 is 11.5 Å². The average Bonchev–Trinajstić information content (AvgIpc) is 3.38. The van der Waals surface area contributed by atoms with Crippen LogP contribution in [0, 0.1) is 0 Å². The van der Waals surface area contributed by atoms with Gasteiger partial charge in [-0.15, -0.1) is 33.7 Å². The van der Waals surface area contributed by atoms with E-state index in [0.717, 1.165) is 18.2 Å². The van der Waals surface area contributed by atoms with Gasteiger partial charge in [0.2, 0.25) is 0 Å². The molecule has 4 aromatic rings. The standard InChI is InChI=1S/C14H14N12O4S2/c15-9(27)7-11-19-21-25(13(29)23(11)3-17-7)5-31-1-2-32-6-26-14(30)24-4-18-8(10(16)28)12(24)20-22-26/h3-4H,1-2,5-6H2,(H2,15,27)(H2,16,28). The van der Waals surface area contributed by atoms with Gasteiger partial charge in [-0.25, -0.2) is 28.4 Å². The molecule has 0 aliphatic rings. The second-order valence-corrected chi connectivity index (χ2v) is 8.27. The molecule has 0 atom stereocenters. The number of carbonyl (C=O) groups excluding carboxylic acids is 2. The molecule has 0 saturated heterocycles. The van der Waals surface area contributed by atoms with Gasteiger partial charge in [0.1, 0.15) is 12.7 Å². The highest BCUT2D eigenvalue weighted by molar-refractivity contribution is 8.02. The van der Waals surface area contributed by atoms with Gasteiger partial charge in [-0.3, -0.25) is 9.59 Å². The summed E-state index contributed by atoms with van der Waals surface area (Å²) in [5.74, 6) is 0.124. The molecule has 0 aromatic carbocycles. The van der Waals surface area contributed by atoms with Gasteiger partial charge in [-0.1, -0.05) is 10.4 Å². The Labute approximate surface area is 185 Å². The van der Waals surface area contributed by atoms with E-state index >= 15 is 0 Å². The Balaban J connectivity index is 1.31. The van der Waals surface area contributed by atoms with Gasteiger partial charge in [0.15, 0.2) is 22.7 Å². The normalized spacial score (nSPS) is 11.4. The van der Waals surface area contributed by atoms with Crippen molar-refractivity contribution >= 4 is 46.6 Å². The van der Waals surface area contributed by atoms with E-state index in [1.54, 1.807) is 0 Å². The number of nitrogens with two attached hydrogens (primary N) is 2. The quantitative estimate of drug-likeness (QED) is 0.233. The van der Waals surface area contributed by atoms with Crippen LogP contribution in [0.15, 0.2) is 22.2 Å². The van der Waals surface area contributed by atoms with Gasteiger partial charge in [0.25, 0.3) is 11.8 Å². The third kappa shape index (κ3) is 3.91. The second kappa shape index (κ2) is 8.75. The summed E-state index contributed by atoms with van der Waals surface area (Å²) in [7, 11) is 0. The molecule has 2 amide bonds.